The number of nitrogens with two attached hydrogens (primary N) is 1. The van der Waals surface area contributed by atoms with Gasteiger partial charge >= 0.3 is 0 Å². The Bertz CT molecular complexity index is 637. The predicted molar refractivity (Wildman–Crippen MR) is 95.8 cm³/mol. The smallest absolute Gasteiger partial charge is 0.246 e. The van der Waals surface area contributed by atoms with E-state index in [1.165, 1.54) is 19.2 Å². The molecule has 1 amide bonds. The lowest BCUT2D eigenvalue weighted by Gasteiger charge is -2.25. The first-order valence-corrected chi connectivity index (χ1v) is 8.59. The second-order valence-corrected chi connectivity index (χ2v) is 6.36. The number of anilines is 1. The Morgan fingerprint density at radius 3 is 2.50 bits per heavy atom. The third-order valence-electron chi connectivity index (χ3n) is 3.39. The summed E-state index contributed by atoms with van der Waals surface area (Å²) in [7, 11) is 1.52. The highest BCUT2D eigenvalue weighted by molar-refractivity contribution is 7.99. The molecule has 128 valence electrons. The fraction of sp³-hybridized carbons (Fsp3) is 0.278. The summed E-state index contributed by atoms with van der Waals surface area (Å²) in [6.45, 7) is 0.676. The molecule has 0 fully saturated rings. The molecule has 0 spiro atoms. The number of carbonyl (C=O) groups excluding carboxylic acids is 1. The Morgan fingerprint density at radius 2 is 1.88 bits per heavy atom. The maximum Gasteiger partial charge on any atom is 0.246 e. The average molecular weight is 348 g/mol. The van der Waals surface area contributed by atoms with Gasteiger partial charge in [0.25, 0.3) is 0 Å². The monoisotopic (exact) mass is 348 g/mol. The first kappa shape index (κ1) is 18.4. The van der Waals surface area contributed by atoms with Crippen molar-refractivity contribution in [3.63, 3.8) is 0 Å². The number of methoxy groups -OCH3 is 1. The van der Waals surface area contributed by atoms with Gasteiger partial charge in [0, 0.05) is 30.0 Å². The highest BCUT2D eigenvalue weighted by atomic mass is 32.2. The molecule has 1 atom stereocenters. The largest absolute Gasteiger partial charge is 0.383 e. The maximum atomic E-state index is 12.9. The van der Waals surface area contributed by atoms with Gasteiger partial charge in [0.1, 0.15) is 11.9 Å². The van der Waals surface area contributed by atoms with Gasteiger partial charge in [-0.15, -0.1) is 11.8 Å². The third-order valence-corrected chi connectivity index (χ3v) is 4.39. The number of benzene rings is 2. The summed E-state index contributed by atoms with van der Waals surface area (Å²) in [6, 6.07) is 15.0. The molecule has 2 N–H and O–H groups in total. The van der Waals surface area contributed by atoms with Crippen LogP contribution in [0.25, 0.3) is 0 Å². The van der Waals surface area contributed by atoms with E-state index >= 15 is 0 Å². The number of carbonyl (C=O) groups is 1. The minimum atomic E-state index is -0.703. The molecular weight excluding hydrogens is 327 g/mol. The minimum absolute atomic E-state index is 0.174. The van der Waals surface area contributed by atoms with Gasteiger partial charge in [0.15, 0.2) is 0 Å². The van der Waals surface area contributed by atoms with E-state index in [9.17, 15) is 9.18 Å². The second-order valence-electron chi connectivity index (χ2n) is 5.19. The van der Waals surface area contributed by atoms with Crippen molar-refractivity contribution in [2.75, 3.05) is 30.9 Å². The molecule has 0 aromatic heterocycles. The van der Waals surface area contributed by atoms with Crippen LogP contribution in [-0.4, -0.2) is 38.0 Å². The molecular formula is C18H21FN2O2S. The number of ether oxygens (including phenoxy) is 1. The molecule has 0 aliphatic rings. The van der Waals surface area contributed by atoms with Crippen molar-refractivity contribution in [1.82, 2.24) is 0 Å². The summed E-state index contributed by atoms with van der Waals surface area (Å²) in [5.74, 6) is 0.236. The van der Waals surface area contributed by atoms with Crippen molar-refractivity contribution in [3.8, 4) is 0 Å². The lowest BCUT2D eigenvalue weighted by molar-refractivity contribution is -0.120. The van der Waals surface area contributed by atoms with Gasteiger partial charge in [-0.3, -0.25) is 4.79 Å². The van der Waals surface area contributed by atoms with Crippen molar-refractivity contribution >= 4 is 23.4 Å². The zero-order valence-corrected chi connectivity index (χ0v) is 14.3. The summed E-state index contributed by atoms with van der Waals surface area (Å²) in [5, 5.41) is 0. The van der Waals surface area contributed by atoms with Gasteiger partial charge in [-0.1, -0.05) is 18.2 Å². The van der Waals surface area contributed by atoms with E-state index in [-0.39, 0.29) is 18.3 Å². The number of para-hydroxylation sites is 1. The molecule has 24 heavy (non-hydrogen) atoms. The molecule has 0 saturated heterocycles. The molecule has 1 unspecified atom stereocenters. The topological polar surface area (TPSA) is 55.6 Å². The van der Waals surface area contributed by atoms with Crippen LogP contribution in [0.4, 0.5) is 10.1 Å². The summed E-state index contributed by atoms with van der Waals surface area (Å²) in [6.07, 6.45) is 0. The number of hydrogen-bond acceptors (Lipinski definition) is 4. The third kappa shape index (κ3) is 5.33. The van der Waals surface area contributed by atoms with E-state index in [2.05, 4.69) is 0 Å². The minimum Gasteiger partial charge on any atom is -0.383 e. The van der Waals surface area contributed by atoms with Crippen LogP contribution in [0.2, 0.25) is 0 Å². The fourth-order valence-corrected chi connectivity index (χ4v) is 3.05. The van der Waals surface area contributed by atoms with Gasteiger partial charge in [-0.2, -0.15) is 0 Å². The fourth-order valence-electron chi connectivity index (χ4n) is 2.21. The number of nitrogens with zero attached hydrogens (tertiary/aromatic N) is 1. The van der Waals surface area contributed by atoms with Crippen LogP contribution in [0.15, 0.2) is 59.5 Å². The zero-order chi connectivity index (χ0) is 17.4. The van der Waals surface area contributed by atoms with Crippen molar-refractivity contribution < 1.29 is 13.9 Å². The molecule has 0 heterocycles. The van der Waals surface area contributed by atoms with Gasteiger partial charge in [-0.25, -0.2) is 4.39 Å². The van der Waals surface area contributed by atoms with Gasteiger partial charge in [-0.05, 0) is 36.4 Å². The molecule has 0 aliphatic heterocycles. The van der Waals surface area contributed by atoms with Crippen molar-refractivity contribution in [2.24, 2.45) is 5.73 Å². The standard InChI is InChI=1S/C18H21FN2O2S/c1-23-13-17(20)18(22)21(15-5-3-2-4-6-15)11-12-24-16-9-7-14(19)8-10-16/h2-10,17H,11-13,20H2,1H3. The van der Waals surface area contributed by atoms with E-state index in [1.807, 2.05) is 30.3 Å². The number of rotatable bonds is 8. The average Bonchev–Trinajstić information content (AvgIpc) is 2.61. The van der Waals surface area contributed by atoms with Gasteiger partial charge in [0.05, 0.1) is 6.61 Å². The number of amides is 1. The van der Waals surface area contributed by atoms with Gasteiger partial charge < -0.3 is 15.4 Å². The second kappa shape index (κ2) is 9.42. The summed E-state index contributed by atoms with van der Waals surface area (Å²) in [5.41, 5.74) is 6.70. The quantitative estimate of drug-likeness (QED) is 0.745. The molecule has 2 aromatic carbocycles. The molecule has 0 aliphatic carbocycles. The predicted octanol–water partition coefficient (Wildman–Crippen LogP) is 2.92. The van der Waals surface area contributed by atoms with Crippen molar-refractivity contribution in [3.05, 3.63) is 60.4 Å². The van der Waals surface area contributed by atoms with Crippen LogP contribution >= 0.6 is 11.8 Å². The molecule has 6 heteroatoms. The summed E-state index contributed by atoms with van der Waals surface area (Å²) >= 11 is 1.56. The van der Waals surface area contributed by atoms with E-state index < -0.39 is 6.04 Å². The Labute approximate surface area is 145 Å². The molecule has 0 saturated carbocycles. The normalized spacial score (nSPS) is 12.0. The van der Waals surface area contributed by atoms with E-state index in [4.69, 9.17) is 10.5 Å². The van der Waals surface area contributed by atoms with Crippen LogP contribution in [0.3, 0.4) is 0 Å². The van der Waals surface area contributed by atoms with Crippen LogP contribution in [0, 0.1) is 5.82 Å². The summed E-state index contributed by atoms with van der Waals surface area (Å²) < 4.78 is 17.9. The highest BCUT2D eigenvalue weighted by Gasteiger charge is 2.22. The molecule has 2 rings (SSSR count). The summed E-state index contributed by atoms with van der Waals surface area (Å²) in [4.78, 5) is 15.2. The zero-order valence-electron chi connectivity index (χ0n) is 13.5. The van der Waals surface area contributed by atoms with Crippen LogP contribution in [-0.2, 0) is 9.53 Å². The number of halogens is 1. The van der Waals surface area contributed by atoms with E-state index in [1.54, 1.807) is 28.8 Å². The van der Waals surface area contributed by atoms with E-state index in [0.29, 0.717) is 12.3 Å². The van der Waals surface area contributed by atoms with E-state index in [0.717, 1.165) is 10.6 Å². The number of hydrogen-bond donors (Lipinski definition) is 1. The first-order chi connectivity index (χ1) is 11.6. The van der Waals surface area contributed by atoms with Crippen LogP contribution in [0.1, 0.15) is 0 Å². The van der Waals surface area contributed by atoms with Crippen LogP contribution in [0.5, 0.6) is 0 Å². The molecule has 4 nitrogen and oxygen atoms in total. The van der Waals surface area contributed by atoms with Gasteiger partial charge in [0.2, 0.25) is 5.91 Å². The van der Waals surface area contributed by atoms with Crippen LogP contribution < -0.4 is 10.6 Å². The Balaban J connectivity index is 2.03. The first-order valence-electron chi connectivity index (χ1n) is 7.61. The lowest BCUT2D eigenvalue weighted by Crippen LogP contribution is -2.47. The number of thioether (sulfide) groups is 1. The Morgan fingerprint density at radius 1 is 1.21 bits per heavy atom. The Kier molecular flexibility index (Phi) is 7.24. The van der Waals surface area contributed by atoms with Crippen molar-refractivity contribution in [2.45, 2.75) is 10.9 Å². The highest BCUT2D eigenvalue weighted by Crippen LogP contribution is 2.20. The SMILES string of the molecule is COCC(N)C(=O)N(CCSc1ccc(F)cc1)c1ccccc1. The Hall–Kier alpha value is -1.89. The molecule has 0 bridgehead atoms. The van der Waals surface area contributed by atoms with Crippen molar-refractivity contribution in [1.29, 1.82) is 0 Å². The molecule has 2 aromatic rings. The molecule has 0 radical (unpaired) electrons. The maximum absolute atomic E-state index is 12.9. The lowest BCUT2D eigenvalue weighted by atomic mass is 10.2.